The number of hydrogen-bond acceptors (Lipinski definition) is 5. The van der Waals surface area contributed by atoms with Crippen LogP contribution in [0.1, 0.15) is 6.92 Å². The molecule has 1 N–H and O–H groups in total. The summed E-state index contributed by atoms with van der Waals surface area (Å²) in [6.45, 7) is 3.12. The van der Waals surface area contributed by atoms with Crippen molar-refractivity contribution in [3.63, 3.8) is 0 Å². The van der Waals surface area contributed by atoms with E-state index in [9.17, 15) is 4.79 Å². The molecule has 1 aliphatic heterocycles. The van der Waals surface area contributed by atoms with Gasteiger partial charge in [-0.1, -0.05) is 41.7 Å². The van der Waals surface area contributed by atoms with Crippen molar-refractivity contribution < 1.29 is 4.79 Å². The van der Waals surface area contributed by atoms with Gasteiger partial charge < -0.3 is 10.2 Å². The zero-order valence-electron chi connectivity index (χ0n) is 10.5. The molecule has 3 rings (SSSR count). The summed E-state index contributed by atoms with van der Waals surface area (Å²) in [6, 6.07) is 10.1. The average molecular weight is 274 g/mol. The zero-order valence-corrected chi connectivity index (χ0v) is 11.4. The Labute approximate surface area is 115 Å². The molecule has 1 aromatic heterocycles. The number of rotatable bonds is 2. The number of hydrogen-bond donors (Lipinski definition) is 1. The molecular formula is C13H14N4OS. The van der Waals surface area contributed by atoms with Gasteiger partial charge in [-0.3, -0.25) is 4.79 Å². The highest BCUT2D eigenvalue weighted by Gasteiger charge is 2.24. The van der Waals surface area contributed by atoms with Gasteiger partial charge in [0.25, 0.3) is 0 Å². The van der Waals surface area contributed by atoms with E-state index in [0.29, 0.717) is 6.54 Å². The fraction of sp³-hybridized carbons (Fsp3) is 0.308. The van der Waals surface area contributed by atoms with Crippen LogP contribution in [0.5, 0.6) is 0 Å². The minimum Gasteiger partial charge on any atom is -0.350 e. The third kappa shape index (κ3) is 2.58. The van der Waals surface area contributed by atoms with Gasteiger partial charge in [-0.05, 0) is 6.92 Å². The van der Waals surface area contributed by atoms with Gasteiger partial charge in [-0.15, -0.1) is 10.2 Å². The Balaban J connectivity index is 1.83. The van der Waals surface area contributed by atoms with Crippen LogP contribution < -0.4 is 10.2 Å². The third-order valence-corrected chi connectivity index (χ3v) is 3.97. The third-order valence-electron chi connectivity index (χ3n) is 2.94. The molecular weight excluding hydrogens is 260 g/mol. The minimum absolute atomic E-state index is 0.0372. The van der Waals surface area contributed by atoms with Crippen molar-refractivity contribution in [2.24, 2.45) is 0 Å². The normalized spacial score (nSPS) is 19.3. The van der Waals surface area contributed by atoms with Crippen molar-refractivity contribution in [1.82, 2.24) is 15.5 Å². The van der Waals surface area contributed by atoms with Crippen LogP contribution in [0.25, 0.3) is 10.6 Å². The monoisotopic (exact) mass is 274 g/mol. The molecule has 0 saturated carbocycles. The molecule has 5 nitrogen and oxygen atoms in total. The number of carbonyl (C=O) groups is 1. The number of aromatic nitrogens is 2. The Bertz CT molecular complexity index is 583. The summed E-state index contributed by atoms with van der Waals surface area (Å²) < 4.78 is 0. The van der Waals surface area contributed by atoms with Gasteiger partial charge in [0, 0.05) is 18.2 Å². The molecule has 2 heterocycles. The highest BCUT2D eigenvalue weighted by molar-refractivity contribution is 7.18. The molecule has 0 unspecified atom stereocenters. The molecule has 19 heavy (non-hydrogen) atoms. The average Bonchev–Trinajstić information content (AvgIpc) is 2.88. The number of amides is 1. The number of carbonyl (C=O) groups excluding carboxylic acids is 1. The van der Waals surface area contributed by atoms with E-state index in [1.165, 1.54) is 11.3 Å². The van der Waals surface area contributed by atoms with Crippen molar-refractivity contribution in [2.45, 2.75) is 13.0 Å². The van der Waals surface area contributed by atoms with Gasteiger partial charge in [0.15, 0.2) is 0 Å². The number of nitrogens with one attached hydrogen (secondary N) is 1. The van der Waals surface area contributed by atoms with Gasteiger partial charge in [0.05, 0.1) is 6.54 Å². The molecule has 1 aromatic carbocycles. The Kier molecular flexibility index (Phi) is 3.16. The molecule has 0 spiro atoms. The fourth-order valence-corrected chi connectivity index (χ4v) is 2.98. The highest BCUT2D eigenvalue weighted by Crippen LogP contribution is 2.28. The van der Waals surface area contributed by atoms with Gasteiger partial charge in [-0.25, -0.2) is 0 Å². The Morgan fingerprint density at radius 3 is 2.84 bits per heavy atom. The van der Waals surface area contributed by atoms with Crippen LogP contribution in [0.3, 0.4) is 0 Å². The largest absolute Gasteiger partial charge is 0.350 e. The summed E-state index contributed by atoms with van der Waals surface area (Å²) in [5.41, 5.74) is 1.06. The molecule has 0 radical (unpaired) electrons. The molecule has 1 saturated heterocycles. The van der Waals surface area contributed by atoms with Crippen LogP contribution in [-0.2, 0) is 4.79 Å². The first-order valence-corrected chi connectivity index (χ1v) is 6.97. The Morgan fingerprint density at radius 2 is 2.11 bits per heavy atom. The van der Waals surface area contributed by atoms with E-state index in [4.69, 9.17) is 0 Å². The lowest BCUT2D eigenvalue weighted by molar-refractivity contribution is -0.121. The van der Waals surface area contributed by atoms with E-state index in [0.717, 1.165) is 22.2 Å². The lowest BCUT2D eigenvalue weighted by Gasteiger charge is -2.30. The lowest BCUT2D eigenvalue weighted by Crippen LogP contribution is -2.53. The lowest BCUT2D eigenvalue weighted by atomic mass is 10.2. The van der Waals surface area contributed by atoms with E-state index >= 15 is 0 Å². The second kappa shape index (κ2) is 4.97. The van der Waals surface area contributed by atoms with E-state index in [1.54, 1.807) is 0 Å². The van der Waals surface area contributed by atoms with Crippen molar-refractivity contribution in [1.29, 1.82) is 0 Å². The predicted molar refractivity (Wildman–Crippen MR) is 75.2 cm³/mol. The predicted octanol–water partition coefficient (Wildman–Crippen LogP) is 1.53. The molecule has 0 aliphatic carbocycles. The summed E-state index contributed by atoms with van der Waals surface area (Å²) in [5, 5.41) is 13.0. The van der Waals surface area contributed by atoms with Crippen molar-refractivity contribution in [3.8, 4) is 10.6 Å². The molecule has 0 bridgehead atoms. The van der Waals surface area contributed by atoms with Crippen LogP contribution in [0.2, 0.25) is 0 Å². The maximum atomic E-state index is 11.5. The Hall–Kier alpha value is -1.95. The van der Waals surface area contributed by atoms with Crippen LogP contribution in [-0.4, -0.2) is 35.2 Å². The summed E-state index contributed by atoms with van der Waals surface area (Å²) in [5.74, 6) is 0.0372. The Morgan fingerprint density at radius 1 is 1.32 bits per heavy atom. The van der Waals surface area contributed by atoms with Crippen LogP contribution in [0.15, 0.2) is 30.3 Å². The molecule has 1 fully saturated rings. The van der Waals surface area contributed by atoms with Crippen molar-refractivity contribution >= 4 is 22.4 Å². The smallest absolute Gasteiger partial charge is 0.239 e. The molecule has 1 aliphatic rings. The van der Waals surface area contributed by atoms with E-state index in [-0.39, 0.29) is 11.9 Å². The summed E-state index contributed by atoms with van der Waals surface area (Å²) >= 11 is 1.52. The van der Waals surface area contributed by atoms with Gasteiger partial charge in [-0.2, -0.15) is 0 Å². The number of anilines is 1. The van der Waals surface area contributed by atoms with E-state index < -0.39 is 0 Å². The topological polar surface area (TPSA) is 58.1 Å². The van der Waals surface area contributed by atoms with E-state index in [2.05, 4.69) is 15.5 Å². The SMILES string of the molecule is C[C@@H]1CN(c2nnc(-c3ccccc3)s2)CC(=O)N1. The zero-order chi connectivity index (χ0) is 13.2. The maximum absolute atomic E-state index is 11.5. The quantitative estimate of drug-likeness (QED) is 0.902. The van der Waals surface area contributed by atoms with Gasteiger partial charge >= 0.3 is 0 Å². The molecule has 2 aromatic rings. The maximum Gasteiger partial charge on any atom is 0.239 e. The number of nitrogens with zero attached hydrogens (tertiary/aromatic N) is 3. The van der Waals surface area contributed by atoms with Gasteiger partial charge in [0.2, 0.25) is 11.0 Å². The molecule has 1 atom stereocenters. The molecule has 1 amide bonds. The molecule has 6 heteroatoms. The first-order valence-electron chi connectivity index (χ1n) is 6.15. The van der Waals surface area contributed by atoms with Crippen molar-refractivity contribution in [2.75, 3.05) is 18.0 Å². The first-order chi connectivity index (χ1) is 9.22. The highest BCUT2D eigenvalue weighted by atomic mass is 32.1. The second-order valence-electron chi connectivity index (χ2n) is 4.60. The first kappa shape index (κ1) is 12.1. The van der Waals surface area contributed by atoms with E-state index in [1.807, 2.05) is 42.2 Å². The van der Waals surface area contributed by atoms with Crippen molar-refractivity contribution in [3.05, 3.63) is 30.3 Å². The van der Waals surface area contributed by atoms with Crippen LogP contribution in [0, 0.1) is 0 Å². The summed E-state index contributed by atoms with van der Waals surface area (Å²) in [4.78, 5) is 13.5. The number of piperazine rings is 1. The van der Waals surface area contributed by atoms with Crippen LogP contribution in [0.4, 0.5) is 5.13 Å². The standard InChI is InChI=1S/C13H14N4OS/c1-9-7-17(8-11(18)14-9)13-16-15-12(19-13)10-5-3-2-4-6-10/h2-6,9H,7-8H2,1H3,(H,14,18)/t9-/m1/s1. The summed E-state index contributed by atoms with van der Waals surface area (Å²) in [7, 11) is 0. The van der Waals surface area contributed by atoms with Crippen LogP contribution >= 0.6 is 11.3 Å². The number of benzene rings is 1. The fourth-order valence-electron chi connectivity index (χ4n) is 2.12. The second-order valence-corrected chi connectivity index (χ2v) is 5.56. The minimum atomic E-state index is 0.0372. The van der Waals surface area contributed by atoms with Gasteiger partial charge in [0.1, 0.15) is 5.01 Å². The molecule has 98 valence electrons. The summed E-state index contributed by atoms with van der Waals surface area (Å²) in [6.07, 6.45) is 0.